The average molecular weight is 307 g/mol. The predicted octanol–water partition coefficient (Wildman–Crippen LogP) is -0.138. The van der Waals surface area contributed by atoms with Gasteiger partial charge in [-0.05, 0) is 6.42 Å². The third kappa shape index (κ3) is 5.85. The minimum Gasteiger partial charge on any atom is -0.359 e. The Hall–Kier alpha value is -0.770. The highest BCUT2D eigenvalue weighted by molar-refractivity contribution is 5.73. The number of carbonyl (C=O) groups excluding carboxylic acids is 1. The van der Waals surface area contributed by atoms with Crippen molar-refractivity contribution in [1.29, 1.82) is 0 Å². The molecule has 8 nitrogen and oxygen atoms in total. The van der Waals surface area contributed by atoms with Gasteiger partial charge in [-0.2, -0.15) is 0 Å². The molecule has 0 bridgehead atoms. The summed E-state index contributed by atoms with van der Waals surface area (Å²) < 4.78 is 31.7. The van der Waals surface area contributed by atoms with Crippen molar-refractivity contribution in [3.05, 3.63) is 0 Å². The van der Waals surface area contributed by atoms with Gasteiger partial charge in [0.1, 0.15) is 32.6 Å². The molecule has 0 aromatic rings. The Bertz CT molecular complexity index is 302. The van der Waals surface area contributed by atoms with Crippen molar-refractivity contribution < 1.29 is 33.2 Å². The summed E-state index contributed by atoms with van der Waals surface area (Å²) in [7, 11) is 4.62. The van der Waals surface area contributed by atoms with Crippen molar-refractivity contribution in [2.75, 3.05) is 41.7 Å². The summed E-state index contributed by atoms with van der Waals surface area (Å²) in [4.78, 5) is 11.3. The summed E-state index contributed by atoms with van der Waals surface area (Å²) in [5.74, 6) is -0.135. The molecule has 0 unspecified atom stereocenters. The minimum atomic E-state index is -0.383. The minimum absolute atomic E-state index is 0.102. The molecule has 1 N–H and O–H groups in total. The van der Waals surface area contributed by atoms with Gasteiger partial charge in [0.05, 0.1) is 12.1 Å². The van der Waals surface area contributed by atoms with E-state index in [0.29, 0.717) is 6.42 Å². The second-order valence-electron chi connectivity index (χ2n) is 4.73. The molecule has 1 saturated carbocycles. The molecule has 1 amide bonds. The van der Waals surface area contributed by atoms with E-state index in [4.69, 9.17) is 28.4 Å². The lowest BCUT2D eigenvalue weighted by atomic mass is 10.2. The molecule has 0 aromatic carbocycles. The fourth-order valence-electron chi connectivity index (χ4n) is 2.39. The zero-order valence-corrected chi connectivity index (χ0v) is 13.0. The van der Waals surface area contributed by atoms with Crippen LogP contribution in [0.15, 0.2) is 0 Å². The van der Waals surface area contributed by atoms with Crippen LogP contribution in [0.1, 0.15) is 13.3 Å². The van der Waals surface area contributed by atoms with Crippen LogP contribution in [0.4, 0.5) is 0 Å². The summed E-state index contributed by atoms with van der Waals surface area (Å²) >= 11 is 0. The van der Waals surface area contributed by atoms with Crippen LogP contribution >= 0.6 is 0 Å². The summed E-state index contributed by atoms with van der Waals surface area (Å²) in [6.07, 6.45) is -0.470. The molecule has 0 radical (unpaired) electrons. The molecule has 124 valence electrons. The Kier molecular flexibility index (Phi) is 8.74. The first-order valence-corrected chi connectivity index (χ1v) is 6.72. The zero-order valence-electron chi connectivity index (χ0n) is 13.0. The average Bonchev–Trinajstić information content (AvgIpc) is 2.76. The molecular formula is C13H25NO7. The highest BCUT2D eigenvalue weighted by Gasteiger charge is 2.46. The molecule has 0 saturated heterocycles. The van der Waals surface area contributed by atoms with Crippen LogP contribution in [-0.2, 0) is 33.2 Å². The van der Waals surface area contributed by atoms with Gasteiger partial charge in [0.15, 0.2) is 0 Å². The van der Waals surface area contributed by atoms with Crippen molar-refractivity contribution in [3.8, 4) is 0 Å². The van der Waals surface area contributed by atoms with Crippen LogP contribution in [0.3, 0.4) is 0 Å². The van der Waals surface area contributed by atoms with Crippen molar-refractivity contribution in [2.24, 2.45) is 0 Å². The number of rotatable bonds is 10. The van der Waals surface area contributed by atoms with Gasteiger partial charge in [0.25, 0.3) is 0 Å². The first kappa shape index (κ1) is 18.3. The predicted molar refractivity (Wildman–Crippen MR) is 72.5 cm³/mol. The maximum absolute atomic E-state index is 11.3. The van der Waals surface area contributed by atoms with Crippen LogP contribution in [-0.4, -0.2) is 72.0 Å². The van der Waals surface area contributed by atoms with Crippen LogP contribution in [0.2, 0.25) is 0 Å². The molecule has 0 heterocycles. The molecule has 1 fully saturated rings. The van der Waals surface area contributed by atoms with E-state index in [1.807, 2.05) is 0 Å². The second kappa shape index (κ2) is 10.0. The Morgan fingerprint density at radius 1 is 0.952 bits per heavy atom. The fourth-order valence-corrected chi connectivity index (χ4v) is 2.39. The number of methoxy groups -OCH3 is 3. The molecule has 1 rings (SSSR count). The van der Waals surface area contributed by atoms with Crippen molar-refractivity contribution >= 4 is 5.91 Å². The van der Waals surface area contributed by atoms with Crippen LogP contribution < -0.4 is 5.32 Å². The lowest BCUT2D eigenvalue weighted by Gasteiger charge is -2.26. The van der Waals surface area contributed by atoms with Gasteiger partial charge in [-0.15, -0.1) is 0 Å². The van der Waals surface area contributed by atoms with E-state index in [2.05, 4.69) is 5.32 Å². The molecule has 4 atom stereocenters. The fraction of sp³-hybridized carbons (Fsp3) is 0.923. The third-order valence-electron chi connectivity index (χ3n) is 3.12. The number of hydrogen-bond donors (Lipinski definition) is 1. The SMILES string of the molecule is COCO[C@H]1[C@H](OCOC)[C@@H](OCOC)C[C@@H]1NC(C)=O. The van der Waals surface area contributed by atoms with Crippen molar-refractivity contribution in [1.82, 2.24) is 5.32 Å². The topological polar surface area (TPSA) is 84.5 Å². The number of hydrogen-bond acceptors (Lipinski definition) is 7. The standard InChI is InChI=1S/C13H25NO7/c1-9(15)14-10-5-11(19-6-16-2)13(21-8-18-4)12(10)20-7-17-3/h10-13H,5-8H2,1-4H3,(H,14,15)/t10-,11-,12+,13+/m0/s1. The van der Waals surface area contributed by atoms with Gasteiger partial charge in [0.2, 0.25) is 5.91 Å². The summed E-state index contributed by atoms with van der Waals surface area (Å²) in [6.45, 7) is 1.81. The van der Waals surface area contributed by atoms with E-state index in [0.717, 1.165) is 0 Å². The molecule has 21 heavy (non-hydrogen) atoms. The Labute approximate surface area is 125 Å². The van der Waals surface area contributed by atoms with Gasteiger partial charge in [0, 0.05) is 28.3 Å². The highest BCUT2D eigenvalue weighted by Crippen LogP contribution is 2.29. The third-order valence-corrected chi connectivity index (χ3v) is 3.12. The summed E-state index contributed by atoms with van der Waals surface area (Å²) in [5, 5.41) is 2.85. The molecule has 1 aliphatic carbocycles. The highest BCUT2D eigenvalue weighted by atomic mass is 16.7. The van der Waals surface area contributed by atoms with E-state index < -0.39 is 0 Å². The van der Waals surface area contributed by atoms with Crippen LogP contribution in [0, 0.1) is 0 Å². The zero-order chi connectivity index (χ0) is 15.7. The molecule has 8 heteroatoms. The van der Waals surface area contributed by atoms with E-state index >= 15 is 0 Å². The van der Waals surface area contributed by atoms with Gasteiger partial charge in [-0.25, -0.2) is 0 Å². The van der Waals surface area contributed by atoms with Crippen molar-refractivity contribution in [3.63, 3.8) is 0 Å². The van der Waals surface area contributed by atoms with Crippen LogP contribution in [0.5, 0.6) is 0 Å². The molecule has 0 spiro atoms. The summed E-state index contributed by atoms with van der Waals surface area (Å²) in [6, 6.07) is -0.221. The largest absolute Gasteiger partial charge is 0.359 e. The van der Waals surface area contributed by atoms with Gasteiger partial charge in [-0.1, -0.05) is 0 Å². The van der Waals surface area contributed by atoms with Crippen LogP contribution in [0.25, 0.3) is 0 Å². The normalized spacial score (nSPS) is 28.8. The molecule has 0 aromatic heterocycles. The first-order valence-electron chi connectivity index (χ1n) is 6.72. The van der Waals surface area contributed by atoms with E-state index in [9.17, 15) is 4.79 Å². The first-order chi connectivity index (χ1) is 10.1. The van der Waals surface area contributed by atoms with Gasteiger partial charge < -0.3 is 33.7 Å². The van der Waals surface area contributed by atoms with Gasteiger partial charge in [-0.3, -0.25) is 4.79 Å². The van der Waals surface area contributed by atoms with E-state index in [1.165, 1.54) is 21.1 Å². The monoisotopic (exact) mass is 307 g/mol. The quantitative estimate of drug-likeness (QED) is 0.562. The van der Waals surface area contributed by atoms with E-state index in [1.54, 1.807) is 7.11 Å². The number of nitrogens with one attached hydrogen (secondary N) is 1. The van der Waals surface area contributed by atoms with Crippen molar-refractivity contribution in [2.45, 2.75) is 37.7 Å². The summed E-state index contributed by atoms with van der Waals surface area (Å²) in [5.41, 5.74) is 0. The lowest BCUT2D eigenvalue weighted by molar-refractivity contribution is -0.187. The van der Waals surface area contributed by atoms with Gasteiger partial charge >= 0.3 is 0 Å². The Balaban J connectivity index is 2.75. The molecular weight excluding hydrogens is 282 g/mol. The maximum atomic E-state index is 11.3. The second-order valence-corrected chi connectivity index (χ2v) is 4.73. The molecule has 0 aliphatic heterocycles. The Morgan fingerprint density at radius 3 is 2.00 bits per heavy atom. The maximum Gasteiger partial charge on any atom is 0.217 e. The lowest BCUT2D eigenvalue weighted by Crippen LogP contribution is -2.45. The number of amides is 1. The van der Waals surface area contributed by atoms with E-state index in [-0.39, 0.29) is 50.6 Å². The smallest absolute Gasteiger partial charge is 0.217 e. The number of ether oxygens (including phenoxy) is 6. The number of carbonyl (C=O) groups is 1. The Morgan fingerprint density at radius 2 is 1.48 bits per heavy atom. The molecule has 1 aliphatic rings.